The second-order valence-corrected chi connectivity index (χ2v) is 5.85. The molecule has 4 nitrogen and oxygen atoms in total. The molecule has 0 aromatic rings. The van der Waals surface area contributed by atoms with Crippen molar-refractivity contribution in [3.63, 3.8) is 0 Å². The molecule has 1 saturated heterocycles. The summed E-state index contributed by atoms with van der Waals surface area (Å²) in [6.45, 7) is 2.06. The van der Waals surface area contributed by atoms with Crippen molar-refractivity contribution in [2.24, 2.45) is 11.8 Å². The summed E-state index contributed by atoms with van der Waals surface area (Å²) in [5.41, 5.74) is 0. The first-order chi connectivity index (χ1) is 6.08. The van der Waals surface area contributed by atoms with Gasteiger partial charge in [-0.2, -0.15) is 0 Å². The van der Waals surface area contributed by atoms with Gasteiger partial charge in [0.25, 0.3) is 0 Å². The van der Waals surface area contributed by atoms with E-state index in [-0.39, 0.29) is 6.04 Å². The van der Waals surface area contributed by atoms with E-state index in [1.807, 2.05) is 0 Å². The molecule has 1 saturated carbocycles. The van der Waals surface area contributed by atoms with Crippen molar-refractivity contribution in [1.29, 1.82) is 0 Å². The second kappa shape index (κ2) is 3.22. The van der Waals surface area contributed by atoms with E-state index in [4.69, 9.17) is 0 Å². The molecule has 0 amide bonds. The van der Waals surface area contributed by atoms with Gasteiger partial charge in [-0.05, 0) is 37.8 Å². The minimum atomic E-state index is -3.00. The molecule has 1 heterocycles. The number of nitrogens with one attached hydrogen (secondary N) is 2. The van der Waals surface area contributed by atoms with E-state index >= 15 is 0 Å². The lowest BCUT2D eigenvalue weighted by molar-refractivity contribution is 0.567. The molecule has 1 aliphatic carbocycles. The summed E-state index contributed by atoms with van der Waals surface area (Å²) < 4.78 is 24.7. The summed E-state index contributed by atoms with van der Waals surface area (Å²) in [6.07, 6.45) is 3.46. The van der Waals surface area contributed by atoms with Gasteiger partial charge in [-0.3, -0.25) is 0 Å². The van der Waals surface area contributed by atoms with Gasteiger partial charge in [-0.25, -0.2) is 13.1 Å². The number of rotatable bonds is 2. The lowest BCUT2D eigenvalue weighted by Crippen LogP contribution is -2.28. The third-order valence-electron chi connectivity index (χ3n) is 2.99. The monoisotopic (exact) mass is 204 g/mol. The van der Waals surface area contributed by atoms with E-state index in [2.05, 4.69) is 10.0 Å². The smallest absolute Gasteiger partial charge is 0.208 e. The van der Waals surface area contributed by atoms with Crippen LogP contribution in [-0.2, 0) is 10.0 Å². The first-order valence-corrected chi connectivity index (χ1v) is 6.65. The van der Waals surface area contributed by atoms with Gasteiger partial charge in [-0.1, -0.05) is 0 Å². The molecule has 0 aromatic carbocycles. The van der Waals surface area contributed by atoms with Crippen LogP contribution in [0.1, 0.15) is 12.8 Å². The van der Waals surface area contributed by atoms with Gasteiger partial charge in [0.15, 0.2) is 0 Å². The fraction of sp³-hybridized carbons (Fsp3) is 1.00. The van der Waals surface area contributed by atoms with Crippen LogP contribution in [0, 0.1) is 11.8 Å². The number of hydrogen-bond donors (Lipinski definition) is 2. The molecule has 0 bridgehead atoms. The lowest BCUT2D eigenvalue weighted by Gasteiger charge is -2.04. The first-order valence-electron chi connectivity index (χ1n) is 4.76. The van der Waals surface area contributed by atoms with Crippen molar-refractivity contribution in [1.82, 2.24) is 10.0 Å². The van der Waals surface area contributed by atoms with Crippen molar-refractivity contribution in [2.45, 2.75) is 18.9 Å². The molecule has 76 valence electrons. The summed E-state index contributed by atoms with van der Waals surface area (Å²) in [6, 6.07) is 0.233. The van der Waals surface area contributed by atoms with Crippen LogP contribution >= 0.6 is 0 Å². The van der Waals surface area contributed by atoms with E-state index in [1.54, 1.807) is 0 Å². The SMILES string of the molecule is CS(=O)(=O)N[C@H]1[C@@H]2CCNCC[C@@H]21. The summed E-state index contributed by atoms with van der Waals surface area (Å²) in [5, 5.41) is 3.31. The summed E-state index contributed by atoms with van der Waals surface area (Å²) in [4.78, 5) is 0. The van der Waals surface area contributed by atoms with Crippen LogP contribution in [0.4, 0.5) is 0 Å². The molecule has 0 radical (unpaired) electrons. The Morgan fingerprint density at radius 3 is 2.23 bits per heavy atom. The average molecular weight is 204 g/mol. The normalized spacial score (nSPS) is 39.3. The van der Waals surface area contributed by atoms with Gasteiger partial charge in [0.05, 0.1) is 6.26 Å². The standard InChI is InChI=1S/C8H16N2O2S/c1-13(11,12)10-8-6-2-4-9-5-3-7(6)8/h6-10H,2-5H2,1H3/t6-,7+,8+. The fourth-order valence-electron chi connectivity index (χ4n) is 2.32. The molecule has 0 unspecified atom stereocenters. The molecule has 2 rings (SSSR count). The third kappa shape index (κ3) is 2.21. The molecule has 1 aliphatic heterocycles. The van der Waals surface area contributed by atoms with Crippen molar-refractivity contribution in [2.75, 3.05) is 19.3 Å². The molecule has 0 aromatic heterocycles. The zero-order valence-electron chi connectivity index (χ0n) is 7.79. The van der Waals surface area contributed by atoms with Gasteiger partial charge >= 0.3 is 0 Å². The molecular formula is C8H16N2O2S. The maximum Gasteiger partial charge on any atom is 0.208 e. The highest BCUT2D eigenvalue weighted by molar-refractivity contribution is 7.88. The molecule has 5 heteroatoms. The maximum atomic E-state index is 11.0. The van der Waals surface area contributed by atoms with Crippen molar-refractivity contribution < 1.29 is 8.42 Å². The molecule has 2 N–H and O–H groups in total. The van der Waals surface area contributed by atoms with Crippen LogP contribution < -0.4 is 10.0 Å². The van der Waals surface area contributed by atoms with Gasteiger partial charge in [0.2, 0.25) is 10.0 Å². The average Bonchev–Trinajstić information content (AvgIpc) is 2.65. The van der Waals surface area contributed by atoms with Gasteiger partial charge in [-0.15, -0.1) is 0 Å². The summed E-state index contributed by atoms with van der Waals surface area (Å²) in [7, 11) is -3.00. The highest BCUT2D eigenvalue weighted by Crippen LogP contribution is 2.45. The number of fused-ring (bicyclic) bond motifs is 1. The number of hydrogen-bond acceptors (Lipinski definition) is 3. The van der Waals surface area contributed by atoms with E-state index in [9.17, 15) is 8.42 Å². The fourth-order valence-corrected chi connectivity index (χ4v) is 3.16. The van der Waals surface area contributed by atoms with Crippen molar-refractivity contribution >= 4 is 10.0 Å². The number of sulfonamides is 1. The zero-order chi connectivity index (χ0) is 9.47. The van der Waals surface area contributed by atoms with E-state index in [0.29, 0.717) is 11.8 Å². The Labute approximate surface area is 79.1 Å². The largest absolute Gasteiger partial charge is 0.317 e. The zero-order valence-corrected chi connectivity index (χ0v) is 8.60. The van der Waals surface area contributed by atoms with Crippen molar-refractivity contribution in [3.05, 3.63) is 0 Å². The lowest BCUT2D eigenvalue weighted by atomic mass is 10.2. The van der Waals surface area contributed by atoms with Crippen molar-refractivity contribution in [3.8, 4) is 0 Å². The molecule has 0 spiro atoms. The predicted octanol–water partition coefficient (Wildman–Crippen LogP) is -0.466. The van der Waals surface area contributed by atoms with Crippen LogP contribution in [0.25, 0.3) is 0 Å². The molecule has 2 aliphatic rings. The van der Waals surface area contributed by atoms with Gasteiger partial charge in [0.1, 0.15) is 0 Å². The summed E-state index contributed by atoms with van der Waals surface area (Å²) >= 11 is 0. The Morgan fingerprint density at radius 2 is 1.77 bits per heavy atom. The highest BCUT2D eigenvalue weighted by atomic mass is 32.2. The quantitative estimate of drug-likeness (QED) is 0.639. The molecule has 2 fully saturated rings. The Kier molecular flexibility index (Phi) is 2.33. The minimum Gasteiger partial charge on any atom is -0.317 e. The maximum absolute atomic E-state index is 11.0. The second-order valence-electron chi connectivity index (χ2n) is 4.07. The topological polar surface area (TPSA) is 58.2 Å². The van der Waals surface area contributed by atoms with Gasteiger partial charge < -0.3 is 5.32 Å². The van der Waals surface area contributed by atoms with Gasteiger partial charge in [0, 0.05) is 6.04 Å². The Morgan fingerprint density at radius 1 is 1.23 bits per heavy atom. The van der Waals surface area contributed by atoms with E-state index in [0.717, 1.165) is 25.9 Å². The van der Waals surface area contributed by atoms with E-state index < -0.39 is 10.0 Å². The Bertz CT molecular complexity index is 277. The van der Waals surface area contributed by atoms with Crippen LogP contribution in [0.2, 0.25) is 0 Å². The van der Waals surface area contributed by atoms with Crippen LogP contribution in [0.15, 0.2) is 0 Å². The van der Waals surface area contributed by atoms with Crippen LogP contribution in [-0.4, -0.2) is 33.8 Å². The van der Waals surface area contributed by atoms with Crippen LogP contribution in [0.5, 0.6) is 0 Å². The Hall–Kier alpha value is -0.130. The molecule has 13 heavy (non-hydrogen) atoms. The summed E-state index contributed by atoms with van der Waals surface area (Å²) in [5.74, 6) is 1.18. The third-order valence-corrected chi connectivity index (χ3v) is 3.69. The predicted molar refractivity (Wildman–Crippen MR) is 50.9 cm³/mol. The molecular weight excluding hydrogens is 188 g/mol. The Balaban J connectivity index is 1.92. The molecule has 3 atom stereocenters. The first kappa shape index (κ1) is 9.43. The minimum absolute atomic E-state index is 0.233. The van der Waals surface area contributed by atoms with E-state index in [1.165, 1.54) is 6.26 Å². The van der Waals surface area contributed by atoms with Crippen LogP contribution in [0.3, 0.4) is 0 Å². The highest BCUT2D eigenvalue weighted by Gasteiger charge is 2.50.